The Labute approximate surface area is 114 Å². The number of hydrogen-bond acceptors (Lipinski definition) is 3. The topological polar surface area (TPSA) is 41.5 Å². The molecule has 2 N–H and O–H groups in total. The Balaban J connectivity index is 2.35. The van der Waals surface area contributed by atoms with Gasteiger partial charge >= 0.3 is 0 Å². The Morgan fingerprint density at radius 2 is 2.11 bits per heavy atom. The molecule has 0 amide bonds. The Hall–Kier alpha value is -1.13. The highest BCUT2D eigenvalue weighted by Crippen LogP contribution is 2.17. The molecule has 3 nitrogen and oxygen atoms in total. The summed E-state index contributed by atoms with van der Waals surface area (Å²) in [5.74, 6) is 0.677. The summed E-state index contributed by atoms with van der Waals surface area (Å²) in [6, 6.07) is 5.03. The van der Waals surface area contributed by atoms with Crippen LogP contribution in [-0.4, -0.2) is 31.9 Å². The van der Waals surface area contributed by atoms with Crippen molar-refractivity contribution in [1.29, 1.82) is 0 Å². The van der Waals surface area contributed by atoms with Crippen molar-refractivity contribution < 1.29 is 14.2 Å². The minimum Gasteiger partial charge on any atom is -0.494 e. The van der Waals surface area contributed by atoms with Crippen molar-refractivity contribution in [3.8, 4) is 5.75 Å². The first-order valence-corrected chi connectivity index (χ1v) is 6.72. The van der Waals surface area contributed by atoms with E-state index in [0.29, 0.717) is 5.92 Å². The average Bonchev–Trinajstić information content (AvgIpc) is 2.38. The maximum atomic E-state index is 13.5. The normalized spacial score (nSPS) is 12.7. The van der Waals surface area contributed by atoms with Gasteiger partial charge in [0, 0.05) is 13.2 Å². The van der Waals surface area contributed by atoms with Crippen LogP contribution in [0.3, 0.4) is 0 Å². The number of halogens is 1. The van der Waals surface area contributed by atoms with Gasteiger partial charge < -0.3 is 15.2 Å². The number of nitrogens with one attached hydrogen (secondary N) is 1. The molecule has 108 valence electrons. The van der Waals surface area contributed by atoms with E-state index in [9.17, 15) is 9.50 Å². The van der Waals surface area contributed by atoms with Crippen LogP contribution in [0.4, 0.5) is 4.39 Å². The summed E-state index contributed by atoms with van der Waals surface area (Å²) in [4.78, 5) is 0. The second-order valence-electron chi connectivity index (χ2n) is 5.11. The van der Waals surface area contributed by atoms with E-state index in [1.54, 1.807) is 6.07 Å². The lowest BCUT2D eigenvalue weighted by Crippen LogP contribution is -2.30. The van der Waals surface area contributed by atoms with Gasteiger partial charge in [0.05, 0.1) is 7.11 Å². The first-order chi connectivity index (χ1) is 9.08. The molecule has 0 heterocycles. The molecule has 1 aromatic rings. The lowest BCUT2D eigenvalue weighted by molar-refractivity contribution is 0.186. The van der Waals surface area contributed by atoms with Crippen molar-refractivity contribution in [3.63, 3.8) is 0 Å². The highest BCUT2D eigenvalue weighted by molar-refractivity contribution is 5.29. The maximum Gasteiger partial charge on any atom is 0.165 e. The first kappa shape index (κ1) is 15.9. The summed E-state index contributed by atoms with van der Waals surface area (Å²) in [6.45, 7) is 5.95. The van der Waals surface area contributed by atoms with E-state index >= 15 is 0 Å². The summed E-state index contributed by atoms with van der Waals surface area (Å²) in [5.41, 5.74) is 0.941. The summed E-state index contributed by atoms with van der Waals surface area (Å²) in [7, 11) is 1.46. The Bertz CT molecular complexity index is 382. The highest BCUT2D eigenvalue weighted by Gasteiger charge is 2.11. The molecule has 0 spiro atoms. The zero-order chi connectivity index (χ0) is 14.3. The smallest absolute Gasteiger partial charge is 0.165 e. The minimum absolute atomic E-state index is 0.196. The molecular weight excluding hydrogens is 245 g/mol. The molecule has 19 heavy (non-hydrogen) atoms. The van der Waals surface area contributed by atoms with Crippen molar-refractivity contribution in [2.24, 2.45) is 11.8 Å². The van der Waals surface area contributed by atoms with Crippen LogP contribution in [0, 0.1) is 17.7 Å². The molecule has 0 saturated carbocycles. The van der Waals surface area contributed by atoms with Gasteiger partial charge in [-0.05, 0) is 42.5 Å². The van der Waals surface area contributed by atoms with E-state index in [-0.39, 0.29) is 24.1 Å². The first-order valence-electron chi connectivity index (χ1n) is 6.72. The van der Waals surface area contributed by atoms with Crippen LogP contribution in [0.5, 0.6) is 5.75 Å². The third-order valence-corrected chi connectivity index (χ3v) is 3.39. The molecule has 0 aliphatic rings. The van der Waals surface area contributed by atoms with Gasteiger partial charge in [0.2, 0.25) is 0 Å². The van der Waals surface area contributed by atoms with Crippen molar-refractivity contribution in [2.75, 3.05) is 26.8 Å². The van der Waals surface area contributed by atoms with Gasteiger partial charge in [-0.25, -0.2) is 4.39 Å². The molecule has 1 atom stereocenters. The largest absolute Gasteiger partial charge is 0.494 e. The predicted molar refractivity (Wildman–Crippen MR) is 74.9 cm³/mol. The monoisotopic (exact) mass is 269 g/mol. The number of methoxy groups -OCH3 is 1. The second-order valence-corrected chi connectivity index (χ2v) is 5.11. The van der Waals surface area contributed by atoms with Crippen LogP contribution >= 0.6 is 0 Å². The molecule has 0 bridgehead atoms. The van der Waals surface area contributed by atoms with Gasteiger partial charge in [-0.2, -0.15) is 0 Å². The van der Waals surface area contributed by atoms with Gasteiger partial charge in [-0.15, -0.1) is 0 Å². The van der Waals surface area contributed by atoms with Gasteiger partial charge in [-0.3, -0.25) is 0 Å². The summed E-state index contributed by atoms with van der Waals surface area (Å²) in [5, 5.41) is 12.5. The SMILES string of the molecule is COc1ccc(CCNCC(CO)C(C)C)cc1F. The zero-order valence-corrected chi connectivity index (χ0v) is 11.9. The third-order valence-electron chi connectivity index (χ3n) is 3.39. The van der Waals surface area contributed by atoms with E-state index in [1.165, 1.54) is 13.2 Å². The molecular formula is C15H24FNO2. The molecule has 0 radical (unpaired) electrons. The molecule has 0 aliphatic heterocycles. The molecule has 4 heteroatoms. The molecule has 0 aromatic heterocycles. The number of aliphatic hydroxyl groups excluding tert-OH is 1. The van der Waals surface area contributed by atoms with Gasteiger partial charge in [0.25, 0.3) is 0 Å². The fourth-order valence-electron chi connectivity index (χ4n) is 1.90. The third kappa shape index (κ3) is 5.17. The highest BCUT2D eigenvalue weighted by atomic mass is 19.1. The number of ether oxygens (including phenoxy) is 1. The quantitative estimate of drug-likeness (QED) is 0.711. The molecule has 0 saturated heterocycles. The lowest BCUT2D eigenvalue weighted by atomic mass is 9.97. The Morgan fingerprint density at radius 1 is 1.37 bits per heavy atom. The van der Waals surface area contributed by atoms with Crippen molar-refractivity contribution in [1.82, 2.24) is 5.32 Å². The number of rotatable bonds is 8. The molecule has 1 aromatic carbocycles. The van der Waals surface area contributed by atoms with E-state index < -0.39 is 0 Å². The summed E-state index contributed by atoms with van der Waals surface area (Å²) >= 11 is 0. The summed E-state index contributed by atoms with van der Waals surface area (Å²) < 4.78 is 18.3. The summed E-state index contributed by atoms with van der Waals surface area (Å²) in [6.07, 6.45) is 0.761. The van der Waals surface area contributed by atoms with Crippen LogP contribution in [0.1, 0.15) is 19.4 Å². The molecule has 0 aliphatic carbocycles. The standard InChI is InChI=1S/C15H24FNO2/c1-11(2)13(10-18)9-17-7-6-12-4-5-15(19-3)14(16)8-12/h4-5,8,11,13,17-18H,6-7,9-10H2,1-3H3. The van der Waals surface area contributed by atoms with E-state index in [0.717, 1.165) is 25.1 Å². The fourth-order valence-corrected chi connectivity index (χ4v) is 1.90. The van der Waals surface area contributed by atoms with Crippen molar-refractivity contribution >= 4 is 0 Å². The van der Waals surface area contributed by atoms with Gasteiger partial charge in [0.1, 0.15) is 0 Å². The van der Waals surface area contributed by atoms with Crippen molar-refractivity contribution in [3.05, 3.63) is 29.6 Å². The molecule has 0 fully saturated rings. The average molecular weight is 269 g/mol. The molecule has 1 unspecified atom stereocenters. The number of hydrogen-bond donors (Lipinski definition) is 2. The maximum absolute atomic E-state index is 13.5. The van der Waals surface area contributed by atoms with E-state index in [2.05, 4.69) is 19.2 Å². The lowest BCUT2D eigenvalue weighted by Gasteiger charge is -2.18. The van der Waals surface area contributed by atoms with Crippen LogP contribution in [0.25, 0.3) is 0 Å². The Morgan fingerprint density at radius 3 is 2.63 bits per heavy atom. The van der Waals surface area contributed by atoms with Crippen LogP contribution < -0.4 is 10.1 Å². The second kappa shape index (κ2) is 8.12. The zero-order valence-electron chi connectivity index (χ0n) is 11.9. The van der Waals surface area contributed by atoms with Crippen LogP contribution in [0.2, 0.25) is 0 Å². The molecule has 1 rings (SSSR count). The van der Waals surface area contributed by atoms with Gasteiger partial charge in [0.15, 0.2) is 11.6 Å². The van der Waals surface area contributed by atoms with Gasteiger partial charge in [-0.1, -0.05) is 19.9 Å². The Kier molecular flexibility index (Phi) is 6.81. The van der Waals surface area contributed by atoms with Crippen LogP contribution in [0.15, 0.2) is 18.2 Å². The minimum atomic E-state index is -0.324. The predicted octanol–water partition coefficient (Wildman–Crippen LogP) is 2.23. The fraction of sp³-hybridized carbons (Fsp3) is 0.600. The van der Waals surface area contributed by atoms with Crippen LogP contribution in [-0.2, 0) is 6.42 Å². The van der Waals surface area contributed by atoms with Crippen molar-refractivity contribution in [2.45, 2.75) is 20.3 Å². The number of aliphatic hydroxyl groups is 1. The van der Waals surface area contributed by atoms with E-state index in [1.807, 2.05) is 6.07 Å². The van der Waals surface area contributed by atoms with E-state index in [4.69, 9.17) is 4.74 Å². The number of benzene rings is 1.